The van der Waals surface area contributed by atoms with Crippen LogP contribution in [0.1, 0.15) is 31.2 Å². The molecule has 0 nitrogen and oxygen atoms in total. The van der Waals surface area contributed by atoms with Crippen molar-refractivity contribution in [2.75, 3.05) is 0 Å². The highest BCUT2D eigenvalue weighted by molar-refractivity contribution is 5.49. The average Bonchev–Trinajstić information content (AvgIpc) is 2.87. The first-order valence-corrected chi connectivity index (χ1v) is 5.90. The topological polar surface area (TPSA) is 0 Å². The van der Waals surface area contributed by atoms with Gasteiger partial charge in [-0.05, 0) is 48.1 Å². The Bertz CT molecular complexity index is 517. The summed E-state index contributed by atoms with van der Waals surface area (Å²) < 4.78 is 0. The fraction of sp³-hybridized carbons (Fsp3) is 0.333. The van der Waals surface area contributed by atoms with E-state index in [9.17, 15) is 0 Å². The number of allylic oxidation sites excluding steroid dienone is 2. The highest BCUT2D eigenvalue weighted by atomic mass is 14.1. The first-order chi connectivity index (χ1) is 7.43. The molecule has 1 aromatic rings. The molecule has 0 spiro atoms. The average molecular weight is 196 g/mol. The molecule has 0 saturated heterocycles. The Morgan fingerprint density at radius 2 is 2.07 bits per heavy atom. The second-order valence-electron chi connectivity index (χ2n) is 4.50. The van der Waals surface area contributed by atoms with Gasteiger partial charge in [-0.25, -0.2) is 0 Å². The van der Waals surface area contributed by atoms with E-state index < -0.39 is 0 Å². The molecular formula is C15H16. The summed E-state index contributed by atoms with van der Waals surface area (Å²) >= 11 is 0. The van der Waals surface area contributed by atoms with E-state index in [0.717, 1.165) is 6.42 Å². The first kappa shape index (κ1) is 8.96. The molecule has 0 aliphatic heterocycles. The highest BCUT2D eigenvalue weighted by Crippen LogP contribution is 2.20. The van der Waals surface area contributed by atoms with Crippen LogP contribution in [0.3, 0.4) is 0 Å². The van der Waals surface area contributed by atoms with Crippen LogP contribution in [0, 0.1) is 0 Å². The van der Waals surface area contributed by atoms with E-state index >= 15 is 0 Å². The van der Waals surface area contributed by atoms with Gasteiger partial charge in [-0.1, -0.05) is 42.0 Å². The minimum atomic E-state index is 1.12. The van der Waals surface area contributed by atoms with E-state index in [1.807, 2.05) is 0 Å². The fourth-order valence-electron chi connectivity index (χ4n) is 2.66. The maximum absolute atomic E-state index is 2.43. The second-order valence-corrected chi connectivity index (χ2v) is 4.50. The highest BCUT2D eigenvalue weighted by Gasteiger charge is 2.07. The van der Waals surface area contributed by atoms with Crippen LogP contribution in [0.2, 0.25) is 0 Å². The molecule has 0 unspecified atom stereocenters. The lowest BCUT2D eigenvalue weighted by Crippen LogP contribution is -2.25. The molecule has 0 bridgehead atoms. The van der Waals surface area contributed by atoms with Gasteiger partial charge in [0, 0.05) is 0 Å². The van der Waals surface area contributed by atoms with Gasteiger partial charge in [-0.2, -0.15) is 0 Å². The third-order valence-electron chi connectivity index (χ3n) is 3.44. The minimum Gasteiger partial charge on any atom is -0.0850 e. The van der Waals surface area contributed by atoms with Crippen molar-refractivity contribution in [3.05, 3.63) is 45.8 Å². The zero-order chi connectivity index (χ0) is 10.1. The van der Waals surface area contributed by atoms with Crippen LogP contribution in [-0.2, 0) is 6.42 Å². The van der Waals surface area contributed by atoms with Crippen LogP contribution >= 0.6 is 0 Å². The van der Waals surface area contributed by atoms with Crippen molar-refractivity contribution < 1.29 is 0 Å². The maximum atomic E-state index is 2.43. The van der Waals surface area contributed by atoms with Gasteiger partial charge in [0.05, 0.1) is 0 Å². The summed E-state index contributed by atoms with van der Waals surface area (Å²) in [4.78, 5) is 0. The second kappa shape index (κ2) is 3.69. The molecule has 0 aromatic heterocycles. The molecule has 76 valence electrons. The summed E-state index contributed by atoms with van der Waals surface area (Å²) in [7, 11) is 0. The monoisotopic (exact) mass is 196 g/mol. The van der Waals surface area contributed by atoms with Crippen molar-refractivity contribution in [2.45, 2.75) is 32.1 Å². The molecule has 15 heavy (non-hydrogen) atoms. The van der Waals surface area contributed by atoms with Crippen LogP contribution in [0.15, 0.2) is 29.8 Å². The molecule has 0 amide bonds. The van der Waals surface area contributed by atoms with Crippen molar-refractivity contribution in [2.24, 2.45) is 0 Å². The molecule has 2 aliphatic rings. The van der Waals surface area contributed by atoms with E-state index in [2.05, 4.69) is 36.4 Å². The van der Waals surface area contributed by atoms with Crippen LogP contribution in [0.5, 0.6) is 0 Å². The zero-order valence-corrected chi connectivity index (χ0v) is 9.00. The zero-order valence-electron chi connectivity index (χ0n) is 9.00. The van der Waals surface area contributed by atoms with E-state index in [1.54, 1.807) is 5.57 Å². The van der Waals surface area contributed by atoms with Crippen LogP contribution in [0.4, 0.5) is 0 Å². The van der Waals surface area contributed by atoms with Crippen LogP contribution in [-0.4, -0.2) is 0 Å². The number of benzene rings is 1. The Hall–Kier alpha value is -1.30. The van der Waals surface area contributed by atoms with Crippen molar-refractivity contribution in [1.82, 2.24) is 0 Å². The number of fused-ring (bicyclic) bond motifs is 1. The molecule has 0 heteroatoms. The minimum absolute atomic E-state index is 1.12. The number of hydrogen-bond donors (Lipinski definition) is 0. The summed E-state index contributed by atoms with van der Waals surface area (Å²) in [5.41, 5.74) is 3.16. The fourth-order valence-corrected chi connectivity index (χ4v) is 2.66. The molecule has 0 fully saturated rings. The Labute approximate surface area is 90.6 Å². The number of hydrogen-bond acceptors (Lipinski definition) is 0. The normalized spacial score (nSPS) is 18.0. The molecule has 0 N–H and O–H groups in total. The van der Waals surface area contributed by atoms with E-state index in [-0.39, 0.29) is 0 Å². The third kappa shape index (κ3) is 1.65. The van der Waals surface area contributed by atoms with Gasteiger partial charge in [0.15, 0.2) is 0 Å². The molecule has 3 rings (SSSR count). The smallest absolute Gasteiger partial charge is 0.00611 e. The van der Waals surface area contributed by atoms with Gasteiger partial charge in [0.25, 0.3) is 0 Å². The lowest BCUT2D eigenvalue weighted by Gasteiger charge is -2.03. The number of rotatable bonds is 2. The van der Waals surface area contributed by atoms with Crippen molar-refractivity contribution in [3.8, 4) is 0 Å². The summed E-state index contributed by atoms with van der Waals surface area (Å²) in [5.74, 6) is 0. The van der Waals surface area contributed by atoms with Gasteiger partial charge in [-0.15, -0.1) is 0 Å². The lowest BCUT2D eigenvalue weighted by molar-refractivity contribution is 0.886. The van der Waals surface area contributed by atoms with Crippen LogP contribution < -0.4 is 10.4 Å². The van der Waals surface area contributed by atoms with Crippen molar-refractivity contribution in [3.63, 3.8) is 0 Å². The van der Waals surface area contributed by atoms with Gasteiger partial charge in [0.1, 0.15) is 0 Å². The summed E-state index contributed by atoms with van der Waals surface area (Å²) in [5, 5.41) is 2.93. The molecule has 2 aliphatic carbocycles. The van der Waals surface area contributed by atoms with E-state index in [4.69, 9.17) is 0 Å². The quantitative estimate of drug-likeness (QED) is 0.637. The Balaban J connectivity index is 2.00. The molecule has 0 radical (unpaired) electrons. The summed E-state index contributed by atoms with van der Waals surface area (Å²) in [6, 6.07) is 6.71. The molecular weight excluding hydrogens is 180 g/mol. The first-order valence-electron chi connectivity index (χ1n) is 5.90. The van der Waals surface area contributed by atoms with Crippen molar-refractivity contribution >= 4 is 12.2 Å². The molecule has 0 saturated carbocycles. The predicted molar refractivity (Wildman–Crippen MR) is 64.9 cm³/mol. The standard InChI is InChI=1S/C15H16/c1-2-6-12(5-1)11-14-9-3-7-13-8-4-10-15(13)14/h3,5,7-10H,1-2,4,6,11H2. The Kier molecular flexibility index (Phi) is 2.21. The molecule has 0 heterocycles. The lowest BCUT2D eigenvalue weighted by atomic mass is 10.0. The Morgan fingerprint density at radius 1 is 1.07 bits per heavy atom. The summed E-state index contributed by atoms with van der Waals surface area (Å²) in [6.45, 7) is 0. The van der Waals surface area contributed by atoms with Crippen LogP contribution in [0.25, 0.3) is 12.2 Å². The van der Waals surface area contributed by atoms with Gasteiger partial charge >= 0.3 is 0 Å². The SMILES string of the molecule is C1=C(Cc2cccc3c2=CCC=3)CCC1. The van der Waals surface area contributed by atoms with Gasteiger partial charge in [0.2, 0.25) is 0 Å². The van der Waals surface area contributed by atoms with E-state index in [0.29, 0.717) is 0 Å². The third-order valence-corrected chi connectivity index (χ3v) is 3.44. The van der Waals surface area contributed by atoms with Gasteiger partial charge in [-0.3, -0.25) is 0 Å². The molecule has 1 aromatic carbocycles. The summed E-state index contributed by atoms with van der Waals surface area (Å²) in [6.07, 6.45) is 13.4. The van der Waals surface area contributed by atoms with Crippen molar-refractivity contribution in [1.29, 1.82) is 0 Å². The molecule has 0 atom stereocenters. The largest absolute Gasteiger partial charge is 0.0850 e. The maximum Gasteiger partial charge on any atom is -0.00611 e. The van der Waals surface area contributed by atoms with E-state index in [1.165, 1.54) is 41.7 Å². The Morgan fingerprint density at radius 3 is 2.93 bits per heavy atom. The predicted octanol–water partition coefficient (Wildman–Crippen LogP) is 2.30. The van der Waals surface area contributed by atoms with Gasteiger partial charge < -0.3 is 0 Å².